The molecule has 2 rings (SSSR count). The number of imidazole rings is 1. The highest BCUT2D eigenvalue weighted by Crippen LogP contribution is 2.24. The second kappa shape index (κ2) is 8.02. The molecule has 25 heavy (non-hydrogen) atoms. The lowest BCUT2D eigenvalue weighted by Gasteiger charge is -2.20. The van der Waals surface area contributed by atoms with E-state index in [-0.39, 0.29) is 0 Å². The Morgan fingerprint density at radius 3 is 2.76 bits per heavy atom. The van der Waals surface area contributed by atoms with Gasteiger partial charge in [0.2, 0.25) is 5.91 Å². The third kappa shape index (κ3) is 5.49. The van der Waals surface area contributed by atoms with Crippen LogP contribution in [-0.4, -0.2) is 42.0 Å². The Hall–Kier alpha value is -2.55. The van der Waals surface area contributed by atoms with Crippen molar-refractivity contribution in [1.82, 2.24) is 14.9 Å². The van der Waals surface area contributed by atoms with Crippen molar-refractivity contribution < 1.29 is 27.4 Å². The molecule has 0 aliphatic rings. The van der Waals surface area contributed by atoms with Crippen molar-refractivity contribution in [3.05, 3.63) is 48.0 Å². The number of nitrogens with zero attached hydrogens (tertiary/aromatic N) is 2. The number of benzene rings is 1. The van der Waals surface area contributed by atoms with Crippen molar-refractivity contribution in [2.24, 2.45) is 7.05 Å². The molecule has 1 aromatic heterocycles. The van der Waals surface area contributed by atoms with Crippen LogP contribution in [0.1, 0.15) is 17.4 Å². The van der Waals surface area contributed by atoms with Gasteiger partial charge >= 0.3 is 6.18 Å². The van der Waals surface area contributed by atoms with Crippen molar-refractivity contribution >= 4 is 5.91 Å². The molecule has 1 atom stereocenters. The number of aromatic nitrogens is 2. The summed E-state index contributed by atoms with van der Waals surface area (Å²) in [6.07, 6.45) is -1.21. The zero-order valence-electron chi connectivity index (χ0n) is 13.7. The van der Waals surface area contributed by atoms with E-state index in [1.54, 1.807) is 48.3 Å². The molecule has 1 heterocycles. The average Bonchev–Trinajstić information content (AvgIpc) is 2.97. The number of amides is 1. The molecule has 0 fully saturated rings. The number of hydrogen-bond acceptors (Lipinski definition) is 4. The largest absolute Gasteiger partial charge is 0.497 e. The zero-order valence-corrected chi connectivity index (χ0v) is 13.7. The molecule has 1 amide bonds. The second-order valence-electron chi connectivity index (χ2n) is 5.28. The number of halogens is 3. The number of ether oxygens (including phenoxy) is 2. The highest BCUT2D eigenvalue weighted by atomic mass is 19.4. The van der Waals surface area contributed by atoms with E-state index in [0.717, 1.165) is 0 Å². The van der Waals surface area contributed by atoms with Crippen LogP contribution in [0.15, 0.2) is 36.7 Å². The van der Waals surface area contributed by atoms with Gasteiger partial charge in [-0.2, -0.15) is 13.2 Å². The minimum atomic E-state index is -4.48. The van der Waals surface area contributed by atoms with Crippen LogP contribution in [0.4, 0.5) is 13.2 Å². The molecule has 0 radical (unpaired) electrons. The predicted molar refractivity (Wildman–Crippen MR) is 83.1 cm³/mol. The number of alkyl halides is 3. The van der Waals surface area contributed by atoms with Gasteiger partial charge in [0.05, 0.1) is 7.11 Å². The molecule has 0 saturated heterocycles. The topological polar surface area (TPSA) is 65.4 Å². The normalized spacial score (nSPS) is 12.7. The van der Waals surface area contributed by atoms with E-state index in [1.165, 1.54) is 7.11 Å². The van der Waals surface area contributed by atoms with Gasteiger partial charge in [-0.1, -0.05) is 12.1 Å². The fraction of sp³-hybridized carbons (Fsp3) is 0.375. The first-order valence-corrected chi connectivity index (χ1v) is 7.35. The minimum Gasteiger partial charge on any atom is -0.497 e. The van der Waals surface area contributed by atoms with E-state index < -0.39 is 31.3 Å². The summed E-state index contributed by atoms with van der Waals surface area (Å²) in [6.45, 7) is -2.18. The van der Waals surface area contributed by atoms with E-state index in [4.69, 9.17) is 4.74 Å². The molecule has 1 aromatic carbocycles. The Morgan fingerprint density at radius 1 is 1.40 bits per heavy atom. The first-order chi connectivity index (χ1) is 11.8. The van der Waals surface area contributed by atoms with Crippen LogP contribution < -0.4 is 10.1 Å². The first-order valence-electron chi connectivity index (χ1n) is 7.35. The maximum absolute atomic E-state index is 12.1. The third-order valence-corrected chi connectivity index (χ3v) is 3.35. The maximum Gasteiger partial charge on any atom is 0.411 e. The summed E-state index contributed by atoms with van der Waals surface area (Å²) in [5.41, 5.74) is 0.679. The average molecular weight is 357 g/mol. The molecule has 0 saturated carbocycles. The van der Waals surface area contributed by atoms with Gasteiger partial charge in [-0.15, -0.1) is 0 Å². The van der Waals surface area contributed by atoms with Crippen molar-refractivity contribution in [3.63, 3.8) is 0 Å². The summed E-state index contributed by atoms with van der Waals surface area (Å²) in [5.74, 6) is 0.428. The van der Waals surface area contributed by atoms with Gasteiger partial charge in [-0.25, -0.2) is 4.98 Å². The number of nitrogens with one attached hydrogen (secondary N) is 1. The van der Waals surface area contributed by atoms with Gasteiger partial charge in [-0.05, 0) is 17.7 Å². The molecule has 0 spiro atoms. The van der Waals surface area contributed by atoms with Crippen LogP contribution in [0, 0.1) is 0 Å². The second-order valence-corrected chi connectivity index (χ2v) is 5.28. The molecule has 1 unspecified atom stereocenters. The fourth-order valence-corrected chi connectivity index (χ4v) is 2.24. The quantitative estimate of drug-likeness (QED) is 0.825. The summed E-state index contributed by atoms with van der Waals surface area (Å²) in [6, 6.07) is 6.32. The molecular weight excluding hydrogens is 339 g/mol. The number of carbonyl (C=O) groups is 1. The van der Waals surface area contributed by atoms with Crippen LogP contribution in [0.5, 0.6) is 5.75 Å². The van der Waals surface area contributed by atoms with Crippen molar-refractivity contribution in [2.45, 2.75) is 12.2 Å². The SMILES string of the molecule is COc1cccc(C(NC(=O)COCC(F)(F)F)c2nccn2C)c1. The van der Waals surface area contributed by atoms with Gasteiger partial charge in [0.1, 0.15) is 30.8 Å². The van der Waals surface area contributed by atoms with E-state index >= 15 is 0 Å². The summed E-state index contributed by atoms with van der Waals surface area (Å²) < 4.78 is 47.6. The lowest BCUT2D eigenvalue weighted by Crippen LogP contribution is -2.34. The van der Waals surface area contributed by atoms with Crippen molar-refractivity contribution in [3.8, 4) is 5.75 Å². The highest BCUT2D eigenvalue weighted by Gasteiger charge is 2.28. The number of rotatable bonds is 7. The van der Waals surface area contributed by atoms with Crippen LogP contribution in [0.3, 0.4) is 0 Å². The molecule has 0 aliphatic carbocycles. The first kappa shape index (κ1) is 18.8. The lowest BCUT2D eigenvalue weighted by atomic mass is 10.1. The van der Waals surface area contributed by atoms with Gasteiger partial charge in [0.15, 0.2) is 0 Å². The monoisotopic (exact) mass is 357 g/mol. The van der Waals surface area contributed by atoms with Crippen LogP contribution in [-0.2, 0) is 16.6 Å². The summed E-state index contributed by atoms with van der Waals surface area (Å²) in [7, 11) is 3.26. The summed E-state index contributed by atoms with van der Waals surface area (Å²) in [4.78, 5) is 16.2. The summed E-state index contributed by atoms with van der Waals surface area (Å²) in [5, 5.41) is 2.64. The zero-order chi connectivity index (χ0) is 18.4. The number of methoxy groups -OCH3 is 1. The predicted octanol–water partition coefficient (Wildman–Crippen LogP) is 2.21. The lowest BCUT2D eigenvalue weighted by molar-refractivity contribution is -0.175. The van der Waals surface area contributed by atoms with Crippen LogP contribution in [0.25, 0.3) is 0 Å². The Morgan fingerprint density at radius 2 is 2.16 bits per heavy atom. The van der Waals surface area contributed by atoms with Gasteiger partial charge in [-0.3, -0.25) is 4.79 Å². The Balaban J connectivity index is 2.15. The molecule has 9 heteroatoms. The number of carbonyl (C=O) groups excluding carboxylic acids is 1. The van der Waals surface area contributed by atoms with E-state index in [0.29, 0.717) is 17.1 Å². The van der Waals surface area contributed by atoms with E-state index in [2.05, 4.69) is 15.0 Å². The van der Waals surface area contributed by atoms with Crippen molar-refractivity contribution in [1.29, 1.82) is 0 Å². The minimum absolute atomic E-state index is 0.525. The number of hydrogen-bond donors (Lipinski definition) is 1. The Bertz CT molecular complexity index is 716. The Labute approximate surface area is 142 Å². The highest BCUT2D eigenvalue weighted by molar-refractivity contribution is 5.78. The van der Waals surface area contributed by atoms with Crippen LogP contribution >= 0.6 is 0 Å². The smallest absolute Gasteiger partial charge is 0.411 e. The van der Waals surface area contributed by atoms with Gasteiger partial charge in [0, 0.05) is 19.4 Å². The maximum atomic E-state index is 12.1. The van der Waals surface area contributed by atoms with Crippen molar-refractivity contribution in [2.75, 3.05) is 20.3 Å². The van der Waals surface area contributed by atoms with Gasteiger partial charge in [0.25, 0.3) is 0 Å². The molecule has 0 bridgehead atoms. The van der Waals surface area contributed by atoms with Gasteiger partial charge < -0.3 is 19.4 Å². The summed E-state index contributed by atoms with van der Waals surface area (Å²) >= 11 is 0. The number of aryl methyl sites for hydroxylation is 1. The van der Waals surface area contributed by atoms with E-state index in [9.17, 15) is 18.0 Å². The molecule has 2 aromatic rings. The molecule has 0 aliphatic heterocycles. The molecule has 136 valence electrons. The fourth-order valence-electron chi connectivity index (χ4n) is 2.24. The third-order valence-electron chi connectivity index (χ3n) is 3.35. The Kier molecular flexibility index (Phi) is 6.02. The molecule has 6 nitrogen and oxygen atoms in total. The standard InChI is InChI=1S/C16H18F3N3O3/c1-22-7-6-20-15(22)14(11-4-3-5-12(8-11)24-2)21-13(23)9-25-10-16(17,18)19/h3-8,14H,9-10H2,1-2H3,(H,21,23). The molecular formula is C16H18F3N3O3. The molecule has 1 N–H and O–H groups in total. The van der Waals surface area contributed by atoms with E-state index in [1.807, 2.05) is 0 Å². The van der Waals surface area contributed by atoms with Crippen LogP contribution in [0.2, 0.25) is 0 Å².